The van der Waals surface area contributed by atoms with Gasteiger partial charge in [0.05, 0.1) is 11.6 Å². The van der Waals surface area contributed by atoms with E-state index in [9.17, 15) is 5.11 Å². The topological polar surface area (TPSA) is 58.9 Å². The number of aliphatic hydroxyl groups excluding tert-OH is 1. The van der Waals surface area contributed by atoms with Gasteiger partial charge in [-0.15, -0.1) is 0 Å². The van der Waals surface area contributed by atoms with Gasteiger partial charge < -0.3 is 5.11 Å². The molecule has 4 nitrogen and oxygen atoms in total. The Morgan fingerprint density at radius 1 is 1.15 bits per heavy atom. The number of nitrogens with zero attached hydrogens (tertiary/aromatic N) is 3. The lowest BCUT2D eigenvalue weighted by molar-refractivity contribution is 0.197. The molecule has 4 heteroatoms. The second-order valence-electron chi connectivity index (χ2n) is 4.82. The predicted octanol–water partition coefficient (Wildman–Crippen LogP) is 3.05. The van der Waals surface area contributed by atoms with Gasteiger partial charge in [0.15, 0.2) is 5.82 Å². The van der Waals surface area contributed by atoms with Crippen LogP contribution in [0.2, 0.25) is 0 Å². The summed E-state index contributed by atoms with van der Waals surface area (Å²) in [6.45, 7) is 3.60. The third-order valence-electron chi connectivity index (χ3n) is 3.33. The van der Waals surface area contributed by atoms with Gasteiger partial charge in [0.25, 0.3) is 0 Å². The number of rotatable bonds is 2. The molecular weight excluding hydrogens is 250 g/mol. The minimum atomic E-state index is -0.551. The number of pyridine rings is 1. The highest BCUT2D eigenvalue weighted by atomic mass is 16.3. The van der Waals surface area contributed by atoms with Gasteiger partial charge in [-0.05, 0) is 38.1 Å². The smallest absolute Gasteiger partial charge is 0.159 e. The molecule has 100 valence electrons. The Labute approximate surface area is 117 Å². The SMILES string of the molecule is Cc1nc(-c2ccc3ncccc3c2)ncc1C(C)O. The minimum absolute atomic E-state index is 0.551. The van der Waals surface area contributed by atoms with Crippen molar-refractivity contribution in [2.75, 3.05) is 0 Å². The van der Waals surface area contributed by atoms with Gasteiger partial charge >= 0.3 is 0 Å². The molecule has 0 saturated heterocycles. The van der Waals surface area contributed by atoms with Gasteiger partial charge in [0, 0.05) is 34.6 Å². The van der Waals surface area contributed by atoms with Crippen molar-refractivity contribution in [3.63, 3.8) is 0 Å². The normalized spacial score (nSPS) is 12.6. The number of hydrogen-bond donors (Lipinski definition) is 1. The van der Waals surface area contributed by atoms with Crippen LogP contribution in [0, 0.1) is 6.92 Å². The number of aromatic nitrogens is 3. The van der Waals surface area contributed by atoms with Crippen molar-refractivity contribution < 1.29 is 5.11 Å². The molecule has 2 heterocycles. The Kier molecular flexibility index (Phi) is 3.16. The maximum Gasteiger partial charge on any atom is 0.159 e. The molecule has 0 radical (unpaired) electrons. The summed E-state index contributed by atoms with van der Waals surface area (Å²) in [6, 6.07) is 9.88. The zero-order valence-corrected chi connectivity index (χ0v) is 11.4. The van der Waals surface area contributed by atoms with Crippen LogP contribution in [0.3, 0.4) is 0 Å². The molecule has 0 aliphatic heterocycles. The molecule has 0 amide bonds. The third kappa shape index (κ3) is 2.26. The molecule has 1 aromatic carbocycles. The van der Waals surface area contributed by atoms with E-state index in [2.05, 4.69) is 15.0 Å². The Morgan fingerprint density at radius 3 is 2.75 bits per heavy atom. The molecule has 0 fully saturated rings. The largest absolute Gasteiger partial charge is 0.389 e. The van der Waals surface area contributed by atoms with Crippen LogP contribution in [0.5, 0.6) is 0 Å². The lowest BCUT2D eigenvalue weighted by Gasteiger charge is -2.09. The van der Waals surface area contributed by atoms with Gasteiger partial charge in [-0.1, -0.05) is 6.07 Å². The molecule has 1 N–H and O–H groups in total. The number of hydrogen-bond acceptors (Lipinski definition) is 4. The van der Waals surface area contributed by atoms with Crippen molar-refractivity contribution >= 4 is 10.9 Å². The third-order valence-corrected chi connectivity index (χ3v) is 3.33. The van der Waals surface area contributed by atoms with Crippen LogP contribution < -0.4 is 0 Å². The van der Waals surface area contributed by atoms with Gasteiger partial charge in [0.1, 0.15) is 0 Å². The molecular formula is C16H15N3O. The summed E-state index contributed by atoms with van der Waals surface area (Å²) < 4.78 is 0. The van der Waals surface area contributed by atoms with Crippen molar-refractivity contribution in [1.29, 1.82) is 0 Å². The van der Waals surface area contributed by atoms with Crippen molar-refractivity contribution in [3.05, 3.63) is 54.0 Å². The van der Waals surface area contributed by atoms with Crippen molar-refractivity contribution in [3.8, 4) is 11.4 Å². The first-order valence-corrected chi connectivity index (χ1v) is 6.52. The molecule has 2 aromatic heterocycles. The predicted molar refractivity (Wildman–Crippen MR) is 78.1 cm³/mol. The summed E-state index contributed by atoms with van der Waals surface area (Å²) >= 11 is 0. The van der Waals surface area contributed by atoms with Crippen molar-refractivity contribution in [2.24, 2.45) is 0 Å². The molecule has 3 aromatic rings. The molecule has 1 unspecified atom stereocenters. The van der Waals surface area contributed by atoms with E-state index in [1.54, 1.807) is 19.3 Å². The molecule has 0 spiro atoms. The first-order valence-electron chi connectivity index (χ1n) is 6.52. The Balaban J connectivity index is 2.08. The molecule has 0 bridgehead atoms. The van der Waals surface area contributed by atoms with Gasteiger partial charge in [-0.25, -0.2) is 9.97 Å². The molecule has 20 heavy (non-hydrogen) atoms. The minimum Gasteiger partial charge on any atom is -0.389 e. The van der Waals surface area contributed by atoms with Crippen LogP contribution in [0.15, 0.2) is 42.7 Å². The zero-order valence-electron chi connectivity index (χ0n) is 11.4. The van der Waals surface area contributed by atoms with Crippen molar-refractivity contribution in [2.45, 2.75) is 20.0 Å². The van der Waals surface area contributed by atoms with Crippen LogP contribution in [0.1, 0.15) is 24.3 Å². The van der Waals surface area contributed by atoms with E-state index in [0.717, 1.165) is 27.7 Å². The van der Waals surface area contributed by atoms with Gasteiger partial charge in [-0.2, -0.15) is 0 Å². The van der Waals surface area contributed by atoms with E-state index in [-0.39, 0.29) is 0 Å². The molecule has 0 saturated carbocycles. The summed E-state index contributed by atoms with van der Waals surface area (Å²) in [6.07, 6.45) is 2.92. The number of aryl methyl sites for hydroxylation is 1. The van der Waals surface area contributed by atoms with E-state index in [1.165, 1.54) is 0 Å². The fourth-order valence-corrected chi connectivity index (χ4v) is 2.24. The monoisotopic (exact) mass is 265 g/mol. The van der Waals surface area contributed by atoms with E-state index >= 15 is 0 Å². The van der Waals surface area contributed by atoms with E-state index < -0.39 is 6.10 Å². The second kappa shape index (κ2) is 4.98. The van der Waals surface area contributed by atoms with E-state index in [4.69, 9.17) is 0 Å². The van der Waals surface area contributed by atoms with Crippen LogP contribution in [-0.4, -0.2) is 20.1 Å². The standard InChI is InChI=1S/C16H15N3O/c1-10-14(11(2)20)9-18-16(19-10)13-5-6-15-12(8-13)4-3-7-17-15/h3-9,11,20H,1-2H3. The zero-order chi connectivity index (χ0) is 14.1. The second-order valence-corrected chi connectivity index (χ2v) is 4.82. The maximum absolute atomic E-state index is 9.62. The number of benzene rings is 1. The summed E-state index contributed by atoms with van der Waals surface area (Å²) in [7, 11) is 0. The summed E-state index contributed by atoms with van der Waals surface area (Å²) in [5.41, 5.74) is 3.46. The fourth-order valence-electron chi connectivity index (χ4n) is 2.24. The summed E-state index contributed by atoms with van der Waals surface area (Å²) in [5, 5.41) is 10.7. The summed E-state index contributed by atoms with van der Waals surface area (Å²) in [5.74, 6) is 0.664. The van der Waals surface area contributed by atoms with E-state index in [0.29, 0.717) is 5.82 Å². The van der Waals surface area contributed by atoms with Gasteiger partial charge in [-0.3, -0.25) is 4.98 Å². The summed E-state index contributed by atoms with van der Waals surface area (Å²) in [4.78, 5) is 13.1. The first kappa shape index (κ1) is 12.7. The van der Waals surface area contributed by atoms with Crippen molar-refractivity contribution in [1.82, 2.24) is 15.0 Å². The lowest BCUT2D eigenvalue weighted by atomic mass is 10.1. The maximum atomic E-state index is 9.62. The quantitative estimate of drug-likeness (QED) is 0.773. The molecule has 3 rings (SSSR count). The highest BCUT2D eigenvalue weighted by Crippen LogP contribution is 2.22. The van der Waals surface area contributed by atoms with Crippen LogP contribution in [0.4, 0.5) is 0 Å². The van der Waals surface area contributed by atoms with Crippen LogP contribution in [-0.2, 0) is 0 Å². The Bertz CT molecular complexity index is 769. The highest BCUT2D eigenvalue weighted by molar-refractivity contribution is 5.83. The molecule has 1 atom stereocenters. The number of fused-ring (bicyclic) bond motifs is 1. The van der Waals surface area contributed by atoms with Gasteiger partial charge in [0.2, 0.25) is 0 Å². The molecule has 0 aliphatic rings. The van der Waals surface area contributed by atoms with E-state index in [1.807, 2.05) is 37.3 Å². The fraction of sp³-hybridized carbons (Fsp3) is 0.188. The highest BCUT2D eigenvalue weighted by Gasteiger charge is 2.09. The molecule has 0 aliphatic carbocycles. The average Bonchev–Trinajstić information content (AvgIpc) is 2.46. The number of aliphatic hydroxyl groups is 1. The van der Waals surface area contributed by atoms with Crippen LogP contribution >= 0.6 is 0 Å². The average molecular weight is 265 g/mol. The first-order chi connectivity index (χ1) is 9.65. The van der Waals surface area contributed by atoms with Crippen LogP contribution in [0.25, 0.3) is 22.3 Å². The lowest BCUT2D eigenvalue weighted by Crippen LogP contribution is -2.01. The Hall–Kier alpha value is -2.33. The Morgan fingerprint density at radius 2 is 2.00 bits per heavy atom.